The molecule has 114 valence electrons. The van der Waals surface area contributed by atoms with E-state index in [0.717, 1.165) is 30.2 Å². The van der Waals surface area contributed by atoms with E-state index in [9.17, 15) is 0 Å². The first-order chi connectivity index (χ1) is 8.93. The van der Waals surface area contributed by atoms with Crippen molar-refractivity contribution in [2.24, 2.45) is 29.4 Å². The van der Waals surface area contributed by atoms with Crippen molar-refractivity contribution in [1.82, 2.24) is 4.90 Å². The Bertz CT molecular complexity index is 227. The number of nitrogens with two attached hydrogens (primary N) is 1. The van der Waals surface area contributed by atoms with Crippen LogP contribution in [-0.2, 0) is 0 Å². The largest absolute Gasteiger partial charge is 0.329 e. The van der Waals surface area contributed by atoms with Gasteiger partial charge < -0.3 is 5.73 Å². The lowest BCUT2D eigenvalue weighted by Crippen LogP contribution is -2.49. The maximum absolute atomic E-state index is 6.16. The van der Waals surface area contributed by atoms with Crippen LogP contribution in [0.25, 0.3) is 0 Å². The Hall–Kier alpha value is -0.0800. The van der Waals surface area contributed by atoms with Crippen LogP contribution in [0.2, 0.25) is 0 Å². The molecule has 3 atom stereocenters. The summed E-state index contributed by atoms with van der Waals surface area (Å²) >= 11 is 0. The van der Waals surface area contributed by atoms with Crippen molar-refractivity contribution < 1.29 is 0 Å². The predicted molar refractivity (Wildman–Crippen MR) is 85.2 cm³/mol. The van der Waals surface area contributed by atoms with Gasteiger partial charge in [-0.2, -0.15) is 0 Å². The molecule has 0 radical (unpaired) electrons. The van der Waals surface area contributed by atoms with Crippen LogP contribution in [0.4, 0.5) is 0 Å². The van der Waals surface area contributed by atoms with E-state index in [0.29, 0.717) is 6.04 Å². The molecule has 0 saturated heterocycles. The van der Waals surface area contributed by atoms with Gasteiger partial charge in [0.1, 0.15) is 0 Å². The van der Waals surface area contributed by atoms with Crippen LogP contribution < -0.4 is 5.73 Å². The van der Waals surface area contributed by atoms with Gasteiger partial charge in [0.25, 0.3) is 0 Å². The van der Waals surface area contributed by atoms with Gasteiger partial charge in [0.2, 0.25) is 0 Å². The average Bonchev–Trinajstić information content (AvgIpc) is 2.28. The molecule has 19 heavy (non-hydrogen) atoms. The molecule has 1 saturated carbocycles. The van der Waals surface area contributed by atoms with Crippen LogP contribution in [0.5, 0.6) is 0 Å². The van der Waals surface area contributed by atoms with Crippen molar-refractivity contribution in [1.29, 1.82) is 0 Å². The fourth-order valence-corrected chi connectivity index (χ4v) is 3.75. The Balaban J connectivity index is 2.70. The molecule has 0 aromatic rings. The lowest BCUT2D eigenvalue weighted by atomic mass is 9.78. The summed E-state index contributed by atoms with van der Waals surface area (Å²) in [5, 5.41) is 0. The zero-order valence-corrected chi connectivity index (χ0v) is 13.9. The normalized spacial score (nSPS) is 26.4. The van der Waals surface area contributed by atoms with Crippen LogP contribution in [0.15, 0.2) is 0 Å². The maximum Gasteiger partial charge on any atom is 0.0246 e. The lowest BCUT2D eigenvalue weighted by molar-refractivity contribution is 0.0864. The molecule has 2 N–H and O–H groups in total. The SMILES string of the molecule is CC(C)CN(CC(C)C)C(CN)C1CCCC(C)C1. The second-order valence-corrected chi connectivity index (χ2v) is 7.58. The van der Waals surface area contributed by atoms with Gasteiger partial charge >= 0.3 is 0 Å². The molecule has 1 rings (SSSR count). The van der Waals surface area contributed by atoms with Crippen molar-refractivity contribution in [3.8, 4) is 0 Å². The highest BCUT2D eigenvalue weighted by atomic mass is 15.2. The minimum Gasteiger partial charge on any atom is -0.329 e. The Kier molecular flexibility index (Phi) is 7.38. The molecular weight excluding hydrogens is 232 g/mol. The summed E-state index contributed by atoms with van der Waals surface area (Å²) < 4.78 is 0. The topological polar surface area (TPSA) is 29.3 Å². The molecule has 3 unspecified atom stereocenters. The minimum absolute atomic E-state index is 0.604. The molecule has 0 aliphatic heterocycles. The monoisotopic (exact) mass is 268 g/mol. The summed E-state index contributed by atoms with van der Waals surface area (Å²) in [6.07, 6.45) is 5.59. The summed E-state index contributed by atoms with van der Waals surface area (Å²) in [5.74, 6) is 3.18. The van der Waals surface area contributed by atoms with E-state index in [1.165, 1.54) is 38.8 Å². The van der Waals surface area contributed by atoms with E-state index in [1.54, 1.807) is 0 Å². The zero-order chi connectivity index (χ0) is 14.4. The van der Waals surface area contributed by atoms with Gasteiger partial charge in [0.05, 0.1) is 0 Å². The van der Waals surface area contributed by atoms with E-state index in [1.807, 2.05) is 0 Å². The maximum atomic E-state index is 6.16. The van der Waals surface area contributed by atoms with Gasteiger partial charge in [0.15, 0.2) is 0 Å². The second-order valence-electron chi connectivity index (χ2n) is 7.58. The molecule has 2 heteroatoms. The van der Waals surface area contributed by atoms with Crippen molar-refractivity contribution in [2.75, 3.05) is 19.6 Å². The van der Waals surface area contributed by atoms with E-state index in [2.05, 4.69) is 39.5 Å². The first kappa shape index (κ1) is 17.0. The number of hydrogen-bond acceptors (Lipinski definition) is 2. The Morgan fingerprint density at radius 2 is 1.63 bits per heavy atom. The van der Waals surface area contributed by atoms with Gasteiger partial charge in [-0.3, -0.25) is 4.90 Å². The molecule has 0 heterocycles. The summed E-state index contributed by atoms with van der Waals surface area (Å²) in [5.41, 5.74) is 6.16. The quantitative estimate of drug-likeness (QED) is 0.762. The molecule has 0 spiro atoms. The fraction of sp³-hybridized carbons (Fsp3) is 1.00. The summed E-state index contributed by atoms with van der Waals surface area (Å²) in [6.45, 7) is 14.9. The number of nitrogens with zero attached hydrogens (tertiary/aromatic N) is 1. The van der Waals surface area contributed by atoms with E-state index >= 15 is 0 Å². The van der Waals surface area contributed by atoms with Crippen LogP contribution in [0.1, 0.15) is 60.3 Å². The minimum atomic E-state index is 0.604. The molecule has 0 bridgehead atoms. The highest BCUT2D eigenvalue weighted by molar-refractivity contribution is 4.85. The Morgan fingerprint density at radius 1 is 1.05 bits per heavy atom. The van der Waals surface area contributed by atoms with Crippen LogP contribution in [-0.4, -0.2) is 30.6 Å². The summed E-state index contributed by atoms with van der Waals surface area (Å²) in [4.78, 5) is 2.69. The van der Waals surface area contributed by atoms with Crippen LogP contribution in [0.3, 0.4) is 0 Å². The van der Waals surface area contributed by atoms with E-state index in [-0.39, 0.29) is 0 Å². The van der Waals surface area contributed by atoms with E-state index in [4.69, 9.17) is 5.73 Å². The third-order valence-corrected chi connectivity index (χ3v) is 4.43. The van der Waals surface area contributed by atoms with Crippen LogP contribution in [0, 0.1) is 23.7 Å². The second kappa shape index (κ2) is 8.26. The van der Waals surface area contributed by atoms with Crippen molar-refractivity contribution >= 4 is 0 Å². The predicted octanol–water partition coefficient (Wildman–Crippen LogP) is 3.75. The van der Waals surface area contributed by atoms with Crippen LogP contribution >= 0.6 is 0 Å². The first-order valence-corrected chi connectivity index (χ1v) is 8.38. The fourth-order valence-electron chi connectivity index (χ4n) is 3.75. The average molecular weight is 268 g/mol. The molecule has 1 aliphatic carbocycles. The highest BCUT2D eigenvalue weighted by Gasteiger charge is 2.30. The van der Waals surface area contributed by atoms with E-state index < -0.39 is 0 Å². The van der Waals surface area contributed by atoms with Gasteiger partial charge in [-0.1, -0.05) is 47.5 Å². The first-order valence-electron chi connectivity index (χ1n) is 8.38. The van der Waals surface area contributed by atoms with Gasteiger partial charge in [-0.05, 0) is 36.5 Å². The zero-order valence-electron chi connectivity index (χ0n) is 13.9. The third kappa shape index (κ3) is 5.83. The molecule has 2 nitrogen and oxygen atoms in total. The molecule has 1 aliphatic rings. The van der Waals surface area contributed by atoms with Crippen molar-refractivity contribution in [2.45, 2.75) is 66.3 Å². The number of rotatable bonds is 7. The van der Waals surface area contributed by atoms with Gasteiger partial charge in [-0.25, -0.2) is 0 Å². The molecule has 0 amide bonds. The Labute approximate surface area is 121 Å². The van der Waals surface area contributed by atoms with Gasteiger partial charge in [-0.15, -0.1) is 0 Å². The Morgan fingerprint density at radius 3 is 2.05 bits per heavy atom. The molecular formula is C17H36N2. The van der Waals surface area contributed by atoms with Crippen molar-refractivity contribution in [3.63, 3.8) is 0 Å². The highest BCUT2D eigenvalue weighted by Crippen LogP contribution is 2.33. The molecule has 1 fully saturated rings. The lowest BCUT2D eigenvalue weighted by Gasteiger charge is -2.41. The standard InChI is InChI=1S/C17H36N2/c1-13(2)11-19(12-14(3)4)17(10-18)16-8-6-7-15(5)9-16/h13-17H,6-12,18H2,1-5H3. The van der Waals surface area contributed by atoms with Gasteiger partial charge in [0, 0.05) is 25.7 Å². The summed E-state index contributed by atoms with van der Waals surface area (Å²) in [7, 11) is 0. The molecule has 0 aromatic heterocycles. The number of hydrogen-bond donors (Lipinski definition) is 1. The van der Waals surface area contributed by atoms with Crippen molar-refractivity contribution in [3.05, 3.63) is 0 Å². The smallest absolute Gasteiger partial charge is 0.0246 e. The third-order valence-electron chi connectivity index (χ3n) is 4.43. The summed E-state index contributed by atoms with van der Waals surface area (Å²) in [6, 6.07) is 0.604. The molecule has 0 aromatic carbocycles.